The topological polar surface area (TPSA) is 9.23 Å². The first-order valence-electron chi connectivity index (χ1n) is 11.5. The van der Waals surface area contributed by atoms with Gasteiger partial charge in [-0.15, -0.1) is 0 Å². The van der Waals surface area contributed by atoms with Crippen LogP contribution >= 0.6 is 0 Å². The van der Waals surface area contributed by atoms with Crippen molar-refractivity contribution in [2.24, 2.45) is 17.8 Å². The largest absolute Gasteiger partial charge is 0.409 e. The molecule has 31 heavy (non-hydrogen) atoms. The highest BCUT2D eigenvalue weighted by Gasteiger charge is 2.33. The number of hydrogen-bond donors (Lipinski definition) is 0. The third-order valence-corrected chi connectivity index (χ3v) is 7.20. The van der Waals surface area contributed by atoms with Crippen LogP contribution in [0.1, 0.15) is 82.3 Å². The average Bonchev–Trinajstić information content (AvgIpc) is 2.72. The van der Waals surface area contributed by atoms with E-state index in [0.717, 1.165) is 38.7 Å². The van der Waals surface area contributed by atoms with Crippen LogP contribution in [0, 0.1) is 29.4 Å². The van der Waals surface area contributed by atoms with E-state index in [1.54, 1.807) is 0 Å². The number of alkyl halides is 3. The molecule has 2 fully saturated rings. The van der Waals surface area contributed by atoms with Crippen LogP contribution in [0.4, 0.5) is 22.0 Å². The first-order chi connectivity index (χ1) is 14.7. The van der Waals surface area contributed by atoms with Crippen LogP contribution in [-0.2, 0) is 4.74 Å². The molecule has 6 heteroatoms. The van der Waals surface area contributed by atoms with Crippen molar-refractivity contribution in [1.82, 2.24) is 0 Å². The van der Waals surface area contributed by atoms with Crippen LogP contribution in [0.2, 0.25) is 0 Å². The second-order valence-electron chi connectivity index (χ2n) is 9.36. The van der Waals surface area contributed by atoms with Gasteiger partial charge in [-0.3, -0.25) is 0 Å². The fourth-order valence-corrected chi connectivity index (χ4v) is 5.30. The zero-order chi connectivity index (χ0) is 22.6. The Morgan fingerprint density at radius 2 is 1.68 bits per heavy atom. The summed E-state index contributed by atoms with van der Waals surface area (Å²) in [5, 5.41) is 0. The molecule has 1 aliphatic heterocycles. The molecule has 0 N–H and O–H groups in total. The number of rotatable bonds is 6. The van der Waals surface area contributed by atoms with Gasteiger partial charge in [0.05, 0.1) is 12.7 Å². The SMILES string of the molecule is CCCC(C)C1CCC(C2CCC(c3cc(F)c(/C=C/C(F)(F)F)c(F)c3)CC2)OC1. The molecule has 0 bridgehead atoms. The van der Waals surface area contributed by atoms with Gasteiger partial charge in [0.25, 0.3) is 0 Å². The first-order valence-corrected chi connectivity index (χ1v) is 11.5. The molecule has 1 aromatic carbocycles. The minimum Gasteiger partial charge on any atom is -0.378 e. The molecule has 0 aromatic heterocycles. The Morgan fingerprint density at radius 1 is 1.03 bits per heavy atom. The van der Waals surface area contributed by atoms with E-state index >= 15 is 0 Å². The third-order valence-electron chi connectivity index (χ3n) is 7.20. The molecule has 1 nitrogen and oxygen atoms in total. The van der Waals surface area contributed by atoms with E-state index in [1.165, 1.54) is 31.4 Å². The minimum atomic E-state index is -4.61. The summed E-state index contributed by atoms with van der Waals surface area (Å²) in [7, 11) is 0. The molecule has 1 heterocycles. The summed E-state index contributed by atoms with van der Waals surface area (Å²) in [6.45, 7) is 5.35. The number of allylic oxidation sites excluding steroid dienone is 1. The molecule has 3 rings (SSSR count). The number of benzene rings is 1. The van der Waals surface area contributed by atoms with Crippen molar-refractivity contribution in [1.29, 1.82) is 0 Å². The Bertz CT molecular complexity index is 718. The van der Waals surface area contributed by atoms with E-state index < -0.39 is 23.4 Å². The lowest BCUT2D eigenvalue weighted by Crippen LogP contribution is -2.35. The maximum atomic E-state index is 14.3. The molecule has 2 aliphatic rings. The summed E-state index contributed by atoms with van der Waals surface area (Å²) >= 11 is 0. The highest BCUT2D eigenvalue weighted by atomic mass is 19.4. The van der Waals surface area contributed by atoms with Crippen molar-refractivity contribution in [2.45, 2.75) is 83.4 Å². The zero-order valence-electron chi connectivity index (χ0n) is 18.4. The first kappa shape index (κ1) is 24.2. The van der Waals surface area contributed by atoms with Crippen molar-refractivity contribution in [3.63, 3.8) is 0 Å². The molecule has 0 radical (unpaired) electrons. The Morgan fingerprint density at radius 3 is 2.19 bits per heavy atom. The van der Waals surface area contributed by atoms with E-state index in [4.69, 9.17) is 4.74 Å². The monoisotopic (exact) mass is 444 g/mol. The maximum absolute atomic E-state index is 14.3. The molecule has 0 amide bonds. The Hall–Kier alpha value is -1.43. The standard InChI is InChI=1S/C25H33F5O/c1-3-4-16(2)19-9-10-24(31-15-19)18-7-5-17(6-8-18)20-13-22(26)21(23(27)14-20)11-12-25(28,29)30/h11-14,16-19,24H,3-10,15H2,1-2H3/b12-11+. The summed E-state index contributed by atoms with van der Waals surface area (Å²) in [6, 6.07) is 2.39. The number of halogens is 5. The smallest absolute Gasteiger partial charge is 0.378 e. The summed E-state index contributed by atoms with van der Waals surface area (Å²) in [5.74, 6) is -0.0473. The lowest BCUT2D eigenvalue weighted by atomic mass is 9.74. The van der Waals surface area contributed by atoms with Crippen molar-refractivity contribution >= 4 is 6.08 Å². The summed E-state index contributed by atoms with van der Waals surface area (Å²) in [5.41, 5.74) is -0.104. The van der Waals surface area contributed by atoms with Crippen LogP contribution in [-0.4, -0.2) is 18.9 Å². The maximum Gasteiger partial charge on any atom is 0.409 e. The van der Waals surface area contributed by atoms with Gasteiger partial charge in [0.2, 0.25) is 0 Å². The van der Waals surface area contributed by atoms with Crippen molar-refractivity contribution in [3.05, 3.63) is 41.0 Å². The summed E-state index contributed by atoms with van der Waals surface area (Å²) in [6.07, 6.45) is 4.23. The predicted octanol–water partition coefficient (Wildman–Crippen LogP) is 8.05. The van der Waals surface area contributed by atoms with Gasteiger partial charge in [-0.25, -0.2) is 8.78 Å². The molecule has 1 saturated heterocycles. The van der Waals surface area contributed by atoms with E-state index in [2.05, 4.69) is 13.8 Å². The van der Waals surface area contributed by atoms with E-state index in [1.807, 2.05) is 0 Å². The van der Waals surface area contributed by atoms with Gasteiger partial charge in [-0.05, 0) is 86.0 Å². The molecular formula is C25H33F5O. The molecule has 0 spiro atoms. The Kier molecular flexibility index (Phi) is 8.17. The van der Waals surface area contributed by atoms with Gasteiger partial charge in [0.1, 0.15) is 11.6 Å². The number of ether oxygens (including phenoxy) is 1. The van der Waals surface area contributed by atoms with Crippen LogP contribution in [0.3, 0.4) is 0 Å². The molecular weight excluding hydrogens is 411 g/mol. The third kappa shape index (κ3) is 6.53. The number of hydrogen-bond acceptors (Lipinski definition) is 1. The molecule has 3 unspecified atom stereocenters. The molecule has 3 atom stereocenters. The van der Waals surface area contributed by atoms with Gasteiger partial charge in [-0.1, -0.05) is 26.7 Å². The van der Waals surface area contributed by atoms with Crippen LogP contribution < -0.4 is 0 Å². The van der Waals surface area contributed by atoms with E-state index in [9.17, 15) is 22.0 Å². The van der Waals surface area contributed by atoms with Crippen LogP contribution in [0.15, 0.2) is 18.2 Å². The quantitative estimate of drug-likeness (QED) is 0.403. The molecule has 174 valence electrons. The van der Waals surface area contributed by atoms with Gasteiger partial charge in [0, 0.05) is 11.6 Å². The summed E-state index contributed by atoms with van der Waals surface area (Å²) < 4.78 is 71.8. The Balaban J connectivity index is 1.55. The lowest BCUT2D eigenvalue weighted by molar-refractivity contribution is -0.0790. The second-order valence-corrected chi connectivity index (χ2v) is 9.36. The fraction of sp³-hybridized carbons (Fsp3) is 0.680. The predicted molar refractivity (Wildman–Crippen MR) is 113 cm³/mol. The Labute approximate surface area is 182 Å². The average molecular weight is 445 g/mol. The van der Waals surface area contributed by atoms with E-state index in [-0.39, 0.29) is 18.1 Å². The minimum absolute atomic E-state index is 0.0295. The van der Waals surface area contributed by atoms with Gasteiger partial charge < -0.3 is 4.74 Å². The van der Waals surface area contributed by atoms with Crippen LogP contribution in [0.25, 0.3) is 6.08 Å². The van der Waals surface area contributed by atoms with E-state index in [0.29, 0.717) is 29.4 Å². The molecule has 1 aromatic rings. The molecule has 1 saturated carbocycles. The highest BCUT2D eigenvalue weighted by molar-refractivity contribution is 5.52. The lowest BCUT2D eigenvalue weighted by Gasteiger charge is -2.39. The second kappa shape index (κ2) is 10.5. The van der Waals surface area contributed by atoms with Crippen LogP contribution in [0.5, 0.6) is 0 Å². The van der Waals surface area contributed by atoms with Gasteiger partial charge in [-0.2, -0.15) is 13.2 Å². The fourth-order valence-electron chi connectivity index (χ4n) is 5.30. The van der Waals surface area contributed by atoms with Crippen molar-refractivity contribution in [2.75, 3.05) is 6.61 Å². The zero-order valence-corrected chi connectivity index (χ0v) is 18.4. The molecule has 1 aliphatic carbocycles. The van der Waals surface area contributed by atoms with Gasteiger partial charge >= 0.3 is 6.18 Å². The van der Waals surface area contributed by atoms with Crippen molar-refractivity contribution in [3.8, 4) is 0 Å². The summed E-state index contributed by atoms with van der Waals surface area (Å²) in [4.78, 5) is 0. The van der Waals surface area contributed by atoms with Gasteiger partial charge in [0.15, 0.2) is 0 Å². The van der Waals surface area contributed by atoms with Crippen molar-refractivity contribution < 1.29 is 26.7 Å². The highest BCUT2D eigenvalue weighted by Crippen LogP contribution is 2.41. The normalized spacial score (nSPS) is 28.7.